The molecule has 0 bridgehead atoms. The predicted molar refractivity (Wildman–Crippen MR) is 79.6 cm³/mol. The number of hydrogen-bond acceptors (Lipinski definition) is 2. The van der Waals surface area contributed by atoms with Gasteiger partial charge in [-0.25, -0.2) is 4.98 Å². The van der Waals surface area contributed by atoms with E-state index in [2.05, 4.69) is 21.8 Å². The van der Waals surface area contributed by atoms with Gasteiger partial charge in [0.05, 0.1) is 6.33 Å². The van der Waals surface area contributed by atoms with Crippen LogP contribution in [0.5, 0.6) is 0 Å². The van der Waals surface area contributed by atoms with Gasteiger partial charge in [0.1, 0.15) is 0 Å². The fraction of sp³-hybridized carbons (Fsp3) is 0.357. The highest BCUT2D eigenvalue weighted by Gasteiger charge is 2.04. The molecule has 1 aromatic heterocycles. The molecule has 1 atom stereocenters. The largest absolute Gasteiger partial charge is 0.337 e. The molecule has 0 fully saturated rings. The molecule has 0 aliphatic heterocycles. The van der Waals surface area contributed by atoms with E-state index in [1.54, 1.807) is 12.3 Å². The molecule has 5 heteroatoms. The standard InChI is InChI=1S/C14H17Cl2N3/c1-11(9-19-5-4-17-10-19)7-18-8-12-2-3-13(15)6-14(12)16/h2-6,10-11,18H,7-9H2,1H3. The Bertz CT molecular complexity index is 511. The van der Waals surface area contributed by atoms with E-state index in [1.165, 1.54) is 0 Å². The average Bonchev–Trinajstić information content (AvgIpc) is 2.84. The van der Waals surface area contributed by atoms with Gasteiger partial charge in [-0.05, 0) is 30.2 Å². The molecule has 0 aliphatic rings. The van der Waals surface area contributed by atoms with E-state index >= 15 is 0 Å². The van der Waals surface area contributed by atoms with Gasteiger partial charge < -0.3 is 9.88 Å². The summed E-state index contributed by atoms with van der Waals surface area (Å²) in [5, 5.41) is 4.79. The first kappa shape index (κ1) is 14.4. The summed E-state index contributed by atoms with van der Waals surface area (Å²) in [6.45, 7) is 4.85. The lowest BCUT2D eigenvalue weighted by Crippen LogP contribution is -2.23. The van der Waals surface area contributed by atoms with Gasteiger partial charge >= 0.3 is 0 Å². The molecule has 0 saturated heterocycles. The summed E-state index contributed by atoms with van der Waals surface area (Å²) >= 11 is 12.0. The summed E-state index contributed by atoms with van der Waals surface area (Å²) in [5.41, 5.74) is 1.07. The van der Waals surface area contributed by atoms with Gasteiger partial charge in [-0.1, -0.05) is 36.2 Å². The van der Waals surface area contributed by atoms with Crippen molar-refractivity contribution in [2.24, 2.45) is 5.92 Å². The number of nitrogens with one attached hydrogen (secondary N) is 1. The molecule has 3 nitrogen and oxygen atoms in total. The van der Waals surface area contributed by atoms with Crippen molar-refractivity contribution in [2.75, 3.05) is 6.54 Å². The summed E-state index contributed by atoms with van der Waals surface area (Å²) in [4.78, 5) is 4.04. The molecule has 2 rings (SSSR count). The van der Waals surface area contributed by atoms with E-state index in [1.807, 2.05) is 24.7 Å². The van der Waals surface area contributed by atoms with Crippen molar-refractivity contribution < 1.29 is 0 Å². The van der Waals surface area contributed by atoms with Crippen molar-refractivity contribution in [3.63, 3.8) is 0 Å². The second kappa shape index (κ2) is 6.94. The Morgan fingerprint density at radius 2 is 2.21 bits per heavy atom. The normalized spacial score (nSPS) is 12.6. The zero-order chi connectivity index (χ0) is 13.7. The lowest BCUT2D eigenvalue weighted by atomic mass is 10.1. The minimum absolute atomic E-state index is 0.528. The predicted octanol–water partition coefficient (Wildman–Crippen LogP) is 3.62. The first-order valence-electron chi connectivity index (χ1n) is 6.25. The van der Waals surface area contributed by atoms with E-state index in [9.17, 15) is 0 Å². The first-order chi connectivity index (χ1) is 9.15. The van der Waals surface area contributed by atoms with Gasteiger partial charge in [0, 0.05) is 35.5 Å². The van der Waals surface area contributed by atoms with E-state index in [0.717, 1.165) is 25.2 Å². The van der Waals surface area contributed by atoms with E-state index in [4.69, 9.17) is 23.2 Å². The molecule has 19 heavy (non-hydrogen) atoms. The van der Waals surface area contributed by atoms with Crippen LogP contribution in [-0.2, 0) is 13.1 Å². The molecule has 0 spiro atoms. The van der Waals surface area contributed by atoms with Gasteiger partial charge in [-0.2, -0.15) is 0 Å². The Hall–Kier alpha value is -1.03. The molecular weight excluding hydrogens is 281 g/mol. The molecule has 0 amide bonds. The van der Waals surface area contributed by atoms with Crippen LogP contribution in [0.4, 0.5) is 0 Å². The Morgan fingerprint density at radius 3 is 2.89 bits per heavy atom. The van der Waals surface area contributed by atoms with Crippen molar-refractivity contribution >= 4 is 23.2 Å². The first-order valence-corrected chi connectivity index (χ1v) is 7.01. The lowest BCUT2D eigenvalue weighted by molar-refractivity contribution is 0.445. The Balaban J connectivity index is 1.76. The van der Waals surface area contributed by atoms with Crippen molar-refractivity contribution in [1.29, 1.82) is 0 Å². The molecule has 1 heterocycles. The number of aromatic nitrogens is 2. The maximum Gasteiger partial charge on any atom is 0.0946 e. The summed E-state index contributed by atoms with van der Waals surface area (Å²) in [6, 6.07) is 5.59. The fourth-order valence-electron chi connectivity index (χ4n) is 1.94. The Labute approximate surface area is 123 Å². The highest BCUT2D eigenvalue weighted by atomic mass is 35.5. The third-order valence-electron chi connectivity index (χ3n) is 2.91. The third kappa shape index (κ3) is 4.53. The van der Waals surface area contributed by atoms with Crippen LogP contribution in [-0.4, -0.2) is 16.1 Å². The van der Waals surface area contributed by atoms with Crippen LogP contribution >= 0.6 is 23.2 Å². The number of imidazole rings is 1. The molecule has 1 unspecified atom stereocenters. The van der Waals surface area contributed by atoms with E-state index in [-0.39, 0.29) is 0 Å². The number of rotatable bonds is 6. The molecule has 1 aromatic carbocycles. The zero-order valence-corrected chi connectivity index (χ0v) is 12.3. The van der Waals surface area contributed by atoms with Crippen LogP contribution in [0.15, 0.2) is 36.9 Å². The average molecular weight is 298 g/mol. The summed E-state index contributed by atoms with van der Waals surface area (Å²) in [5.74, 6) is 0.528. The van der Waals surface area contributed by atoms with Crippen LogP contribution in [0.2, 0.25) is 10.0 Å². The zero-order valence-electron chi connectivity index (χ0n) is 10.8. The minimum atomic E-state index is 0.528. The van der Waals surface area contributed by atoms with E-state index in [0.29, 0.717) is 16.0 Å². The van der Waals surface area contributed by atoms with E-state index < -0.39 is 0 Å². The maximum atomic E-state index is 6.12. The van der Waals surface area contributed by atoms with Crippen LogP contribution in [0.25, 0.3) is 0 Å². The summed E-state index contributed by atoms with van der Waals surface area (Å²) < 4.78 is 2.08. The minimum Gasteiger partial charge on any atom is -0.337 e. The number of nitrogens with zero attached hydrogens (tertiary/aromatic N) is 2. The van der Waals surface area contributed by atoms with Gasteiger partial charge in [0.25, 0.3) is 0 Å². The Morgan fingerprint density at radius 1 is 1.37 bits per heavy atom. The van der Waals surface area contributed by atoms with Crippen LogP contribution in [0.3, 0.4) is 0 Å². The monoisotopic (exact) mass is 297 g/mol. The number of halogens is 2. The SMILES string of the molecule is CC(CNCc1ccc(Cl)cc1Cl)Cn1ccnc1. The van der Waals surface area contributed by atoms with Crippen molar-refractivity contribution in [1.82, 2.24) is 14.9 Å². The van der Waals surface area contributed by atoms with Crippen LogP contribution < -0.4 is 5.32 Å². The lowest BCUT2D eigenvalue weighted by Gasteiger charge is -2.13. The Kier molecular flexibility index (Phi) is 5.25. The number of hydrogen-bond donors (Lipinski definition) is 1. The number of benzene rings is 1. The van der Waals surface area contributed by atoms with Gasteiger partial charge in [0.2, 0.25) is 0 Å². The summed E-state index contributed by atoms with van der Waals surface area (Å²) in [6.07, 6.45) is 5.62. The highest BCUT2D eigenvalue weighted by molar-refractivity contribution is 6.35. The topological polar surface area (TPSA) is 29.9 Å². The molecule has 102 valence electrons. The molecule has 2 aromatic rings. The van der Waals surface area contributed by atoms with Crippen LogP contribution in [0.1, 0.15) is 12.5 Å². The van der Waals surface area contributed by atoms with Crippen molar-refractivity contribution in [3.05, 3.63) is 52.5 Å². The molecule has 0 radical (unpaired) electrons. The smallest absolute Gasteiger partial charge is 0.0946 e. The molecular formula is C14H17Cl2N3. The molecule has 1 N–H and O–H groups in total. The van der Waals surface area contributed by atoms with Gasteiger partial charge in [0.15, 0.2) is 0 Å². The molecule has 0 aliphatic carbocycles. The van der Waals surface area contributed by atoms with Gasteiger partial charge in [-0.15, -0.1) is 0 Å². The maximum absolute atomic E-state index is 6.12. The van der Waals surface area contributed by atoms with Crippen molar-refractivity contribution in [2.45, 2.75) is 20.0 Å². The van der Waals surface area contributed by atoms with Gasteiger partial charge in [-0.3, -0.25) is 0 Å². The quantitative estimate of drug-likeness (QED) is 0.883. The van der Waals surface area contributed by atoms with Crippen LogP contribution in [0, 0.1) is 5.92 Å². The summed E-state index contributed by atoms with van der Waals surface area (Å²) in [7, 11) is 0. The highest BCUT2D eigenvalue weighted by Crippen LogP contribution is 2.20. The van der Waals surface area contributed by atoms with Crippen molar-refractivity contribution in [3.8, 4) is 0 Å². The fourth-order valence-corrected chi connectivity index (χ4v) is 2.41. The second-order valence-corrected chi connectivity index (χ2v) is 5.57. The third-order valence-corrected chi connectivity index (χ3v) is 3.49. The molecule has 0 saturated carbocycles. The second-order valence-electron chi connectivity index (χ2n) is 4.73.